The fraction of sp³-hybridized carbons (Fsp3) is 0.316. The summed E-state index contributed by atoms with van der Waals surface area (Å²) in [6.07, 6.45) is 4.75. The lowest BCUT2D eigenvalue weighted by Gasteiger charge is -2.55. The van der Waals surface area contributed by atoms with Crippen molar-refractivity contribution in [1.82, 2.24) is 30.1 Å². The van der Waals surface area contributed by atoms with E-state index in [4.69, 9.17) is 4.74 Å². The van der Waals surface area contributed by atoms with E-state index in [-0.39, 0.29) is 62.1 Å². The Morgan fingerprint density at radius 1 is 1.00 bits per heavy atom. The summed E-state index contributed by atoms with van der Waals surface area (Å²) in [5.41, 5.74) is 4.12. The van der Waals surface area contributed by atoms with Crippen LogP contribution in [0.3, 0.4) is 0 Å². The van der Waals surface area contributed by atoms with Gasteiger partial charge in [-0.05, 0) is 41.7 Å². The molecule has 11 heteroatoms. The largest absolute Gasteiger partial charge is 0.497 e. The molecule has 49 heavy (non-hydrogen) atoms. The molecule has 3 heterocycles. The van der Waals surface area contributed by atoms with Gasteiger partial charge in [0.1, 0.15) is 18.0 Å². The van der Waals surface area contributed by atoms with Crippen molar-refractivity contribution < 1.29 is 23.9 Å². The first-order chi connectivity index (χ1) is 23.9. The predicted octanol–water partition coefficient (Wildman–Crippen LogP) is 4.51. The summed E-state index contributed by atoms with van der Waals surface area (Å²) in [7, 11) is 1.59. The van der Waals surface area contributed by atoms with Crippen LogP contribution in [0.2, 0.25) is 0 Å². The maximum atomic E-state index is 14.5. The van der Waals surface area contributed by atoms with E-state index in [9.17, 15) is 19.2 Å². The average molecular weight is 661 g/mol. The van der Waals surface area contributed by atoms with Gasteiger partial charge < -0.3 is 24.8 Å². The summed E-state index contributed by atoms with van der Waals surface area (Å²) in [5, 5.41) is 7.13. The van der Waals surface area contributed by atoms with Crippen LogP contribution in [0.15, 0.2) is 91.6 Å². The van der Waals surface area contributed by atoms with Crippen LogP contribution in [0.5, 0.6) is 5.75 Å². The molecule has 0 bridgehead atoms. The number of hydrogen-bond acceptors (Lipinski definition) is 6. The van der Waals surface area contributed by atoms with Gasteiger partial charge in [-0.25, -0.2) is 14.8 Å². The van der Waals surface area contributed by atoms with E-state index in [1.165, 1.54) is 0 Å². The van der Waals surface area contributed by atoms with E-state index in [2.05, 4.69) is 16.9 Å². The molecule has 0 radical (unpaired) electrons. The first kappa shape index (κ1) is 32.1. The summed E-state index contributed by atoms with van der Waals surface area (Å²) in [6.45, 7) is 4.69. The molecule has 0 spiro atoms. The molecule has 1 aliphatic carbocycles. The molecule has 252 valence electrons. The van der Waals surface area contributed by atoms with Gasteiger partial charge >= 0.3 is 6.03 Å². The Bertz CT molecular complexity index is 1890. The molecule has 1 aromatic heterocycles. The number of nitrogens with zero attached hydrogens (tertiary/aromatic N) is 4. The van der Waals surface area contributed by atoms with Gasteiger partial charge in [0.15, 0.2) is 5.78 Å². The van der Waals surface area contributed by atoms with Crippen LogP contribution in [-0.2, 0) is 29.1 Å². The number of para-hydroxylation sites is 1. The SMILES string of the molecule is C=CCN1CC(=O)N2[C@@H](Cc3ccc(OC)cc3)C(=O)N(Cc3cccc4c(C(=O)C5CC5)c[nH]c34)C[C@@H]2N1C(=O)NCc1ccccc1. The number of fused-ring (bicyclic) bond motifs is 2. The number of piperazine rings is 1. The highest BCUT2D eigenvalue weighted by Gasteiger charge is 2.51. The Morgan fingerprint density at radius 3 is 2.49 bits per heavy atom. The number of aromatic nitrogens is 1. The van der Waals surface area contributed by atoms with Gasteiger partial charge in [0.25, 0.3) is 0 Å². The molecule has 3 aliphatic rings. The lowest BCUT2D eigenvalue weighted by Crippen LogP contribution is -2.76. The fourth-order valence-corrected chi connectivity index (χ4v) is 7.01. The van der Waals surface area contributed by atoms with Crippen molar-refractivity contribution in [1.29, 1.82) is 0 Å². The number of hydrazine groups is 1. The Balaban J connectivity index is 1.24. The summed E-state index contributed by atoms with van der Waals surface area (Å²) in [4.78, 5) is 62.1. The minimum Gasteiger partial charge on any atom is -0.497 e. The molecule has 3 fully saturated rings. The number of ketones is 1. The fourth-order valence-electron chi connectivity index (χ4n) is 7.01. The van der Waals surface area contributed by atoms with E-state index in [0.717, 1.165) is 40.4 Å². The second-order valence-electron chi connectivity index (χ2n) is 12.9. The number of ether oxygens (including phenoxy) is 1. The number of carbonyl (C=O) groups excluding carboxylic acids is 4. The molecule has 4 amide bonds. The smallest absolute Gasteiger partial charge is 0.334 e. The lowest BCUT2D eigenvalue weighted by molar-refractivity contribution is -0.189. The number of Topliss-reactive ketones (excluding diaryl/α,β-unsaturated/α-hetero) is 1. The second kappa shape index (κ2) is 13.6. The van der Waals surface area contributed by atoms with E-state index >= 15 is 0 Å². The third-order valence-corrected chi connectivity index (χ3v) is 9.63. The van der Waals surface area contributed by atoms with Crippen molar-refractivity contribution in [2.75, 3.05) is 26.7 Å². The number of rotatable bonds is 11. The summed E-state index contributed by atoms with van der Waals surface area (Å²) in [5.74, 6) is 0.470. The first-order valence-corrected chi connectivity index (χ1v) is 16.7. The van der Waals surface area contributed by atoms with Crippen molar-refractivity contribution in [3.05, 3.63) is 114 Å². The Labute approximate surface area is 285 Å². The highest BCUT2D eigenvalue weighted by molar-refractivity contribution is 6.10. The van der Waals surface area contributed by atoms with E-state index in [1.807, 2.05) is 72.8 Å². The first-order valence-electron chi connectivity index (χ1n) is 16.7. The zero-order chi connectivity index (χ0) is 34.1. The number of carbonyl (C=O) groups is 4. The van der Waals surface area contributed by atoms with E-state index in [0.29, 0.717) is 17.9 Å². The van der Waals surface area contributed by atoms with Gasteiger partial charge in [0.2, 0.25) is 11.8 Å². The predicted molar refractivity (Wildman–Crippen MR) is 184 cm³/mol. The van der Waals surface area contributed by atoms with Crippen molar-refractivity contribution in [3.8, 4) is 5.75 Å². The Kier molecular flexibility index (Phi) is 8.92. The maximum absolute atomic E-state index is 14.5. The summed E-state index contributed by atoms with van der Waals surface area (Å²) < 4.78 is 5.34. The molecule has 2 aliphatic heterocycles. The minimum absolute atomic E-state index is 0.0761. The van der Waals surface area contributed by atoms with Crippen LogP contribution in [0.4, 0.5) is 4.79 Å². The number of urea groups is 1. The second-order valence-corrected chi connectivity index (χ2v) is 12.9. The molecule has 7 rings (SSSR count). The van der Waals surface area contributed by atoms with Crippen LogP contribution in [0.1, 0.15) is 39.9 Å². The number of aromatic amines is 1. The molecule has 3 aromatic carbocycles. The van der Waals surface area contributed by atoms with Gasteiger partial charge in [0, 0.05) is 49.1 Å². The van der Waals surface area contributed by atoms with Crippen LogP contribution in [-0.4, -0.2) is 87.4 Å². The van der Waals surface area contributed by atoms with E-state index < -0.39 is 12.2 Å². The van der Waals surface area contributed by atoms with Crippen molar-refractivity contribution in [2.45, 2.75) is 44.6 Å². The lowest BCUT2D eigenvalue weighted by atomic mass is 9.97. The zero-order valence-electron chi connectivity index (χ0n) is 27.5. The van der Waals surface area contributed by atoms with Gasteiger partial charge in [-0.15, -0.1) is 6.58 Å². The third kappa shape index (κ3) is 6.41. The number of nitrogens with one attached hydrogen (secondary N) is 2. The zero-order valence-corrected chi connectivity index (χ0v) is 27.5. The van der Waals surface area contributed by atoms with Gasteiger partial charge in [0.05, 0.1) is 25.7 Å². The monoisotopic (exact) mass is 660 g/mol. The minimum atomic E-state index is -0.857. The molecule has 2 saturated heterocycles. The average Bonchev–Trinajstić information content (AvgIpc) is 3.88. The molecule has 2 N–H and O–H groups in total. The molecular formula is C38H40N6O5. The van der Waals surface area contributed by atoms with Crippen LogP contribution < -0.4 is 10.1 Å². The van der Waals surface area contributed by atoms with Gasteiger partial charge in [-0.1, -0.05) is 66.7 Å². The van der Waals surface area contributed by atoms with E-state index in [1.54, 1.807) is 39.2 Å². The summed E-state index contributed by atoms with van der Waals surface area (Å²) >= 11 is 0. The third-order valence-electron chi connectivity index (χ3n) is 9.63. The molecular weight excluding hydrogens is 620 g/mol. The number of amides is 4. The van der Waals surface area contributed by atoms with Crippen LogP contribution in [0.25, 0.3) is 10.9 Å². The Hall–Kier alpha value is -5.42. The molecule has 2 atom stereocenters. The molecule has 4 aromatic rings. The highest BCUT2D eigenvalue weighted by atomic mass is 16.5. The Morgan fingerprint density at radius 2 is 1.78 bits per heavy atom. The van der Waals surface area contributed by atoms with Crippen molar-refractivity contribution in [2.24, 2.45) is 5.92 Å². The number of H-pyrrole nitrogens is 1. The number of hydrogen-bond donors (Lipinski definition) is 2. The van der Waals surface area contributed by atoms with Crippen molar-refractivity contribution >= 4 is 34.5 Å². The number of benzene rings is 3. The normalized spacial score (nSPS) is 19.6. The summed E-state index contributed by atoms with van der Waals surface area (Å²) in [6, 6.07) is 21.6. The molecule has 0 unspecified atom stereocenters. The molecule has 1 saturated carbocycles. The maximum Gasteiger partial charge on any atom is 0.334 e. The van der Waals surface area contributed by atoms with Crippen LogP contribution in [0, 0.1) is 5.92 Å². The standard InChI is InChI=1S/C38H40N6O5/c1-3-18-42-24-34(45)43-32(19-25-12-16-29(49-2)17-13-25)37(47)41(23-33(43)44(42)38(48)40-20-26-8-5-4-6-9-26)22-28-10-7-11-30-31(21-39-35(28)30)36(46)27-14-15-27/h3-13,16-17,21,27,32-33,39H,1,14-15,18-20,22-24H2,2H3,(H,40,48)/t32-,33-/m0/s1. The number of methoxy groups -OCH3 is 1. The van der Waals surface area contributed by atoms with Crippen LogP contribution >= 0.6 is 0 Å². The topological polar surface area (TPSA) is 118 Å². The molecule has 11 nitrogen and oxygen atoms in total. The van der Waals surface area contributed by atoms with Gasteiger partial charge in [-0.3, -0.25) is 14.4 Å². The quantitative estimate of drug-likeness (QED) is 0.181. The highest BCUT2D eigenvalue weighted by Crippen LogP contribution is 2.36. The van der Waals surface area contributed by atoms with Gasteiger partial charge in [-0.2, -0.15) is 0 Å². The van der Waals surface area contributed by atoms with Crippen molar-refractivity contribution in [3.63, 3.8) is 0 Å².